The molecule has 0 saturated carbocycles. The molecule has 0 fully saturated rings. The van der Waals surface area contributed by atoms with Crippen molar-refractivity contribution in [3.63, 3.8) is 0 Å². The lowest BCUT2D eigenvalue weighted by Gasteiger charge is -2.32. The third-order valence-electron chi connectivity index (χ3n) is 7.48. The van der Waals surface area contributed by atoms with E-state index in [2.05, 4.69) is 108 Å². The van der Waals surface area contributed by atoms with Gasteiger partial charge in [-0.1, -0.05) is 64.2 Å². The van der Waals surface area contributed by atoms with Gasteiger partial charge in [0.15, 0.2) is 11.9 Å². The number of pyridine rings is 1. The number of hydrogen-bond acceptors (Lipinski definition) is 2. The number of H-pyrrole nitrogens is 1. The molecule has 2 aromatic heterocycles. The van der Waals surface area contributed by atoms with Gasteiger partial charge in [-0.15, -0.1) is 4.58 Å². The summed E-state index contributed by atoms with van der Waals surface area (Å²) in [5, 5.41) is 7.75. The fourth-order valence-corrected chi connectivity index (χ4v) is 5.90. The molecule has 1 N–H and O–H groups in total. The number of nitrogens with one attached hydrogen (secondary N) is 1. The van der Waals surface area contributed by atoms with Gasteiger partial charge in [0.05, 0.1) is 11.1 Å². The molecule has 3 aromatic carbocycles. The van der Waals surface area contributed by atoms with E-state index < -0.39 is 5.41 Å². The molecule has 0 amide bonds. The first-order valence-corrected chi connectivity index (χ1v) is 12.2. The molecule has 0 bridgehead atoms. The van der Waals surface area contributed by atoms with Crippen LogP contribution in [-0.4, -0.2) is 32.8 Å². The standard InChI is InChI=1S/C31H25N5/c1-20-9-11-24-25-12-10-21(2)17-27(25)31(26(24)16-20,29-13-15-33-34-29)22-6-4-7-23(18-22)36-19-35(3)28-8-5-14-32-30(28)36/h4-18H,1-3H3,(H,33,34)/q+2. The molecule has 0 radical (unpaired) electrons. The molecule has 2 aliphatic rings. The molecule has 0 atom stereocenters. The fourth-order valence-electron chi connectivity index (χ4n) is 5.90. The SMILES string of the molecule is Cc1ccc2c(c1)C(c1cccc([N+]3=C=[N+](C)c4cccnc43)c1)(c1ccn[nH]1)c1cc(C)ccc1-2. The first-order chi connectivity index (χ1) is 17.6. The lowest BCUT2D eigenvalue weighted by Crippen LogP contribution is -2.29. The summed E-state index contributed by atoms with van der Waals surface area (Å²) >= 11 is 0. The smallest absolute Gasteiger partial charge is 0.281 e. The average molecular weight is 468 g/mol. The van der Waals surface area contributed by atoms with Gasteiger partial charge in [-0.3, -0.25) is 5.10 Å². The van der Waals surface area contributed by atoms with Crippen molar-refractivity contribution in [1.29, 1.82) is 0 Å². The van der Waals surface area contributed by atoms with Crippen LogP contribution in [0.3, 0.4) is 0 Å². The van der Waals surface area contributed by atoms with Gasteiger partial charge in [0.25, 0.3) is 5.69 Å². The number of aromatic amines is 1. The molecule has 7 rings (SSSR count). The van der Waals surface area contributed by atoms with Gasteiger partial charge >= 0.3 is 11.8 Å². The summed E-state index contributed by atoms with van der Waals surface area (Å²) in [5.41, 5.74) is 11.3. The van der Waals surface area contributed by atoms with Crippen molar-refractivity contribution >= 4 is 23.2 Å². The fraction of sp³-hybridized carbons (Fsp3) is 0.129. The maximum Gasteiger partial charge on any atom is 0.458 e. The predicted molar refractivity (Wildman–Crippen MR) is 142 cm³/mol. The monoisotopic (exact) mass is 467 g/mol. The number of aromatic nitrogens is 3. The lowest BCUT2D eigenvalue weighted by molar-refractivity contribution is -0.394. The largest absolute Gasteiger partial charge is 0.458 e. The van der Waals surface area contributed by atoms with Crippen molar-refractivity contribution in [2.75, 3.05) is 7.05 Å². The quantitative estimate of drug-likeness (QED) is 0.321. The minimum atomic E-state index is -0.520. The molecular weight excluding hydrogens is 442 g/mol. The van der Waals surface area contributed by atoms with Crippen LogP contribution in [0.15, 0.2) is 91.3 Å². The van der Waals surface area contributed by atoms with Gasteiger partial charge < -0.3 is 0 Å². The molecule has 0 saturated heterocycles. The Hall–Kier alpha value is -4.60. The van der Waals surface area contributed by atoms with Crippen molar-refractivity contribution in [3.8, 4) is 11.1 Å². The van der Waals surface area contributed by atoms with Crippen molar-refractivity contribution in [1.82, 2.24) is 19.8 Å². The van der Waals surface area contributed by atoms with Crippen LogP contribution < -0.4 is 4.58 Å². The van der Waals surface area contributed by atoms with Gasteiger partial charge in [0, 0.05) is 17.2 Å². The van der Waals surface area contributed by atoms with Crippen LogP contribution in [0.4, 0.5) is 17.2 Å². The second-order valence-electron chi connectivity index (χ2n) is 9.71. The first kappa shape index (κ1) is 20.7. The van der Waals surface area contributed by atoms with Crippen LogP contribution in [0.1, 0.15) is 33.5 Å². The third kappa shape index (κ3) is 2.72. The third-order valence-corrected chi connectivity index (χ3v) is 7.48. The molecule has 3 heterocycles. The second-order valence-corrected chi connectivity index (χ2v) is 9.71. The van der Waals surface area contributed by atoms with Crippen LogP contribution in [0.5, 0.6) is 0 Å². The Balaban J connectivity index is 1.56. The van der Waals surface area contributed by atoms with Crippen LogP contribution in [0.2, 0.25) is 0 Å². The Morgan fingerprint density at radius 2 is 1.56 bits per heavy atom. The van der Waals surface area contributed by atoms with Gasteiger partial charge in [-0.25, -0.2) is 0 Å². The highest BCUT2D eigenvalue weighted by Gasteiger charge is 2.48. The number of hydrogen-bond donors (Lipinski definition) is 1. The highest BCUT2D eigenvalue weighted by Crippen LogP contribution is 2.56. The van der Waals surface area contributed by atoms with E-state index >= 15 is 0 Å². The average Bonchev–Trinajstić information content (AvgIpc) is 3.60. The summed E-state index contributed by atoms with van der Waals surface area (Å²) in [4.78, 5) is 4.66. The molecule has 36 heavy (non-hydrogen) atoms. The van der Waals surface area contributed by atoms with Crippen molar-refractivity contribution in [2.45, 2.75) is 19.3 Å². The van der Waals surface area contributed by atoms with E-state index in [1.54, 1.807) is 0 Å². The Morgan fingerprint density at radius 1 is 0.806 bits per heavy atom. The summed E-state index contributed by atoms with van der Waals surface area (Å²) in [6.07, 6.45) is 3.68. The van der Waals surface area contributed by atoms with Crippen LogP contribution >= 0.6 is 0 Å². The first-order valence-electron chi connectivity index (χ1n) is 12.2. The summed E-state index contributed by atoms with van der Waals surface area (Å²) in [6.45, 7) is 4.32. The molecule has 0 unspecified atom stereocenters. The van der Waals surface area contributed by atoms with Crippen LogP contribution in [0, 0.1) is 13.8 Å². The van der Waals surface area contributed by atoms with E-state index in [1.807, 2.05) is 34.7 Å². The molecule has 1 aliphatic heterocycles. The maximum atomic E-state index is 4.66. The number of benzene rings is 3. The van der Waals surface area contributed by atoms with Crippen LogP contribution in [-0.2, 0) is 5.41 Å². The highest BCUT2D eigenvalue weighted by molar-refractivity contribution is 5.86. The lowest BCUT2D eigenvalue weighted by atomic mass is 9.69. The summed E-state index contributed by atoms with van der Waals surface area (Å²) < 4.78 is 4.04. The molecule has 172 valence electrons. The maximum absolute atomic E-state index is 4.66. The molecule has 1 aliphatic carbocycles. The van der Waals surface area contributed by atoms with E-state index in [0.29, 0.717) is 0 Å². The second kappa shape index (κ2) is 7.45. The van der Waals surface area contributed by atoms with Gasteiger partial charge in [0.1, 0.15) is 7.05 Å². The van der Waals surface area contributed by atoms with E-state index in [-0.39, 0.29) is 0 Å². The summed E-state index contributed by atoms with van der Waals surface area (Å²) in [5.74, 6) is 0.881. The Kier molecular flexibility index (Phi) is 4.29. The van der Waals surface area contributed by atoms with Gasteiger partial charge in [0.2, 0.25) is 0 Å². The minimum absolute atomic E-state index is 0.520. The zero-order valence-corrected chi connectivity index (χ0v) is 20.4. The molecule has 5 heteroatoms. The topological polar surface area (TPSA) is 47.6 Å². The summed E-state index contributed by atoms with van der Waals surface area (Å²) in [6, 6.07) is 31.9. The van der Waals surface area contributed by atoms with Crippen LogP contribution in [0.25, 0.3) is 11.1 Å². The minimum Gasteiger partial charge on any atom is -0.281 e. The van der Waals surface area contributed by atoms with E-state index in [9.17, 15) is 0 Å². The predicted octanol–water partition coefficient (Wildman–Crippen LogP) is 6.08. The Bertz CT molecular complexity index is 1700. The Morgan fingerprint density at radius 3 is 2.25 bits per heavy atom. The van der Waals surface area contributed by atoms with E-state index in [0.717, 1.165) is 22.9 Å². The van der Waals surface area contributed by atoms with Gasteiger partial charge in [-0.05, 0) is 65.9 Å². The normalized spacial score (nSPS) is 14.6. The van der Waals surface area contributed by atoms with Gasteiger partial charge in [-0.2, -0.15) is 5.10 Å². The van der Waals surface area contributed by atoms with Crippen molar-refractivity contribution in [2.24, 2.45) is 0 Å². The molecule has 5 nitrogen and oxygen atoms in total. The zero-order chi connectivity index (χ0) is 24.4. The number of rotatable bonds is 3. The zero-order valence-electron chi connectivity index (χ0n) is 20.4. The molecule has 5 aromatic rings. The van der Waals surface area contributed by atoms with E-state index in [1.165, 1.54) is 38.9 Å². The van der Waals surface area contributed by atoms with Crippen molar-refractivity contribution < 1.29 is 4.58 Å². The number of fused-ring (bicyclic) bond motifs is 4. The Labute approximate surface area is 209 Å². The van der Waals surface area contributed by atoms with E-state index in [4.69, 9.17) is 0 Å². The number of aryl methyl sites for hydroxylation is 2. The highest BCUT2D eigenvalue weighted by atomic mass is 15.2. The number of nitrogens with zero attached hydrogens (tertiary/aromatic N) is 4. The molecule has 0 spiro atoms. The van der Waals surface area contributed by atoms with Crippen molar-refractivity contribution in [3.05, 3.63) is 125 Å². The molecular formula is C31H25N5+2. The summed E-state index contributed by atoms with van der Waals surface area (Å²) in [7, 11) is 2.01.